The molecular weight excluding hydrogens is 668 g/mol. The average Bonchev–Trinajstić information content (AvgIpc) is 3.51. The Balaban J connectivity index is 1.34. The number of hydrogen-bond donors (Lipinski definition) is 1. The van der Waals surface area contributed by atoms with Crippen molar-refractivity contribution in [3.8, 4) is 16.9 Å². The Morgan fingerprint density at radius 1 is 0.880 bits per heavy atom. The van der Waals surface area contributed by atoms with Gasteiger partial charge in [-0.3, -0.25) is 9.48 Å². The number of nitrogens with zero attached hydrogens (tertiary/aromatic N) is 3. The lowest BCUT2D eigenvalue weighted by molar-refractivity contribution is 0.0981. The molecule has 6 rings (SSSR count). The van der Waals surface area contributed by atoms with Crippen molar-refractivity contribution in [2.75, 3.05) is 6.61 Å². The van der Waals surface area contributed by atoms with Gasteiger partial charge in [0, 0.05) is 52.1 Å². The zero-order chi connectivity index (χ0) is 35.7. The number of benzene rings is 4. The smallest absolute Gasteiger partial charge is 0.265 e. The minimum absolute atomic E-state index is 0.0313. The number of carbonyl (C=O) groups is 1. The van der Waals surface area contributed by atoms with Crippen molar-refractivity contribution in [3.05, 3.63) is 135 Å². The van der Waals surface area contributed by atoms with Crippen molar-refractivity contribution < 1.29 is 17.9 Å². The van der Waals surface area contributed by atoms with Gasteiger partial charge in [-0.2, -0.15) is 5.10 Å². The Bertz CT molecular complexity index is 2320. The summed E-state index contributed by atoms with van der Waals surface area (Å²) in [4.78, 5) is 13.2. The summed E-state index contributed by atoms with van der Waals surface area (Å²) in [6.07, 6.45) is 1.61. The molecule has 0 aliphatic rings. The topological polar surface area (TPSA) is 95.2 Å². The van der Waals surface area contributed by atoms with Crippen LogP contribution in [0.25, 0.3) is 22.0 Å². The van der Waals surface area contributed by atoms with E-state index in [1.807, 2.05) is 50.7 Å². The van der Waals surface area contributed by atoms with Crippen LogP contribution in [0.5, 0.6) is 5.75 Å². The maximum absolute atomic E-state index is 13.2. The second kappa shape index (κ2) is 14.2. The number of para-hydroxylation sites is 1. The summed E-state index contributed by atoms with van der Waals surface area (Å²) in [6.45, 7) is 11.2. The zero-order valence-corrected chi connectivity index (χ0v) is 30.7. The van der Waals surface area contributed by atoms with Gasteiger partial charge in [0.05, 0.1) is 22.7 Å². The summed E-state index contributed by atoms with van der Waals surface area (Å²) in [7, 11) is -2.06. The van der Waals surface area contributed by atoms with E-state index in [0.29, 0.717) is 13.2 Å². The van der Waals surface area contributed by atoms with Crippen LogP contribution in [-0.4, -0.2) is 35.3 Å². The molecule has 0 bridgehead atoms. The highest BCUT2D eigenvalue weighted by atomic mass is 35.5. The van der Waals surface area contributed by atoms with E-state index in [-0.39, 0.29) is 10.5 Å². The fourth-order valence-corrected chi connectivity index (χ4v) is 7.85. The van der Waals surface area contributed by atoms with Gasteiger partial charge in [-0.1, -0.05) is 60.1 Å². The molecule has 0 aliphatic heterocycles. The standard InChI is InChI=1S/C40H41ClN4O4S/c1-25-21-32(22-26(2)38(25)41)49-20-12-19-34-28(4)45(39-35(34)17-11-18-36(39)37-27(3)42-44(6)29(37)5)24-30-13-10-14-31(23-30)40(46)43-50(47,48)33-15-8-7-9-16-33/h7-11,13-18,21-23H,12,19-20,24H2,1-6H3,(H,43,46). The first-order chi connectivity index (χ1) is 23.9. The number of rotatable bonds is 11. The number of hydrogen-bond acceptors (Lipinski definition) is 5. The number of carbonyl (C=O) groups excluding carboxylic acids is 1. The molecule has 6 aromatic rings. The number of sulfonamides is 1. The molecular formula is C40H41ClN4O4S. The number of halogens is 1. The van der Waals surface area contributed by atoms with Crippen LogP contribution < -0.4 is 9.46 Å². The Morgan fingerprint density at radius 2 is 1.58 bits per heavy atom. The summed E-state index contributed by atoms with van der Waals surface area (Å²) in [5.74, 6) is 0.132. The first kappa shape index (κ1) is 35.0. The van der Waals surface area contributed by atoms with E-state index in [9.17, 15) is 13.2 Å². The minimum Gasteiger partial charge on any atom is -0.494 e. The highest BCUT2D eigenvalue weighted by Gasteiger charge is 2.23. The summed E-state index contributed by atoms with van der Waals surface area (Å²) in [5, 5.41) is 6.63. The van der Waals surface area contributed by atoms with Crippen LogP contribution in [0.3, 0.4) is 0 Å². The molecule has 2 heterocycles. The quantitative estimate of drug-likeness (QED) is 0.136. The lowest BCUT2D eigenvalue weighted by Crippen LogP contribution is -2.30. The average molecular weight is 709 g/mol. The van der Waals surface area contributed by atoms with E-state index in [1.54, 1.807) is 36.4 Å². The predicted molar refractivity (Wildman–Crippen MR) is 200 cm³/mol. The first-order valence-corrected chi connectivity index (χ1v) is 18.4. The number of ether oxygens (including phenoxy) is 1. The molecule has 0 radical (unpaired) electrons. The molecule has 0 atom stereocenters. The molecule has 0 saturated heterocycles. The lowest BCUT2D eigenvalue weighted by Gasteiger charge is -2.14. The van der Waals surface area contributed by atoms with Gasteiger partial charge >= 0.3 is 0 Å². The summed E-state index contributed by atoms with van der Waals surface area (Å²) in [5.41, 5.74) is 10.8. The largest absolute Gasteiger partial charge is 0.494 e. The third-order valence-corrected chi connectivity index (χ3v) is 11.3. The Kier molecular flexibility index (Phi) is 9.91. The molecule has 4 aromatic carbocycles. The van der Waals surface area contributed by atoms with Gasteiger partial charge in [0.25, 0.3) is 15.9 Å². The fraction of sp³-hybridized carbons (Fsp3) is 0.250. The molecule has 258 valence electrons. The predicted octanol–water partition coefficient (Wildman–Crippen LogP) is 8.42. The number of nitrogens with one attached hydrogen (secondary N) is 1. The summed E-state index contributed by atoms with van der Waals surface area (Å²) < 4.78 is 38.4. The molecule has 2 aromatic heterocycles. The minimum atomic E-state index is -4.02. The number of aryl methyl sites for hydroxylation is 5. The second-order valence-electron chi connectivity index (χ2n) is 12.8. The molecule has 1 N–H and O–H groups in total. The molecule has 50 heavy (non-hydrogen) atoms. The monoisotopic (exact) mass is 708 g/mol. The van der Waals surface area contributed by atoms with E-state index in [0.717, 1.165) is 79.4 Å². The van der Waals surface area contributed by atoms with Gasteiger partial charge < -0.3 is 9.30 Å². The van der Waals surface area contributed by atoms with Gasteiger partial charge in [0.1, 0.15) is 5.75 Å². The molecule has 8 nitrogen and oxygen atoms in total. The van der Waals surface area contributed by atoms with E-state index in [4.69, 9.17) is 21.4 Å². The second-order valence-corrected chi connectivity index (χ2v) is 14.9. The van der Waals surface area contributed by atoms with E-state index in [2.05, 4.69) is 41.3 Å². The molecule has 0 saturated carbocycles. The zero-order valence-electron chi connectivity index (χ0n) is 29.2. The number of aromatic nitrogens is 3. The van der Waals surface area contributed by atoms with Crippen LogP contribution in [0, 0.1) is 34.6 Å². The molecule has 0 fully saturated rings. The maximum Gasteiger partial charge on any atom is 0.265 e. The van der Waals surface area contributed by atoms with Gasteiger partial charge in [0.2, 0.25) is 0 Å². The fourth-order valence-electron chi connectivity index (χ4n) is 6.74. The summed E-state index contributed by atoms with van der Waals surface area (Å²) in [6, 6.07) is 25.4. The van der Waals surface area contributed by atoms with Crippen molar-refractivity contribution in [3.63, 3.8) is 0 Å². The highest BCUT2D eigenvalue weighted by Crippen LogP contribution is 2.38. The van der Waals surface area contributed by atoms with Crippen molar-refractivity contribution in [2.24, 2.45) is 7.05 Å². The lowest BCUT2D eigenvalue weighted by atomic mass is 9.98. The van der Waals surface area contributed by atoms with Crippen LogP contribution in [0.1, 0.15) is 56.1 Å². The van der Waals surface area contributed by atoms with E-state index < -0.39 is 15.9 Å². The SMILES string of the molecule is Cc1cc(OCCCc2c(C)n(Cc3cccc(C(=O)NS(=O)(=O)c4ccccc4)c3)c3c(-c4c(C)nn(C)c4C)cccc23)cc(C)c1Cl. The normalized spacial score (nSPS) is 11.7. The molecule has 0 spiro atoms. The Morgan fingerprint density at radius 3 is 2.26 bits per heavy atom. The van der Waals surface area contributed by atoms with Crippen molar-refractivity contribution in [1.82, 2.24) is 19.1 Å². The van der Waals surface area contributed by atoms with Crippen LogP contribution in [0.4, 0.5) is 0 Å². The van der Waals surface area contributed by atoms with Gasteiger partial charge in [-0.15, -0.1) is 0 Å². The van der Waals surface area contributed by atoms with Crippen molar-refractivity contribution in [1.29, 1.82) is 0 Å². The molecule has 0 unspecified atom stereocenters. The number of amides is 1. The van der Waals surface area contributed by atoms with Gasteiger partial charge in [-0.25, -0.2) is 13.1 Å². The third kappa shape index (κ3) is 6.93. The van der Waals surface area contributed by atoms with Crippen LogP contribution in [0.15, 0.2) is 89.8 Å². The highest BCUT2D eigenvalue weighted by molar-refractivity contribution is 7.90. The van der Waals surface area contributed by atoms with Crippen LogP contribution in [0.2, 0.25) is 5.02 Å². The first-order valence-electron chi connectivity index (χ1n) is 16.6. The number of fused-ring (bicyclic) bond motifs is 1. The van der Waals surface area contributed by atoms with Crippen LogP contribution in [-0.2, 0) is 30.0 Å². The Hall–Kier alpha value is -4.86. The third-order valence-electron chi connectivity index (χ3n) is 9.31. The maximum atomic E-state index is 13.2. The molecule has 0 aliphatic carbocycles. The summed E-state index contributed by atoms with van der Waals surface area (Å²) >= 11 is 6.37. The van der Waals surface area contributed by atoms with Gasteiger partial charge in [-0.05, 0) is 106 Å². The van der Waals surface area contributed by atoms with E-state index in [1.165, 1.54) is 17.7 Å². The van der Waals surface area contributed by atoms with Gasteiger partial charge in [0.15, 0.2) is 0 Å². The van der Waals surface area contributed by atoms with Crippen LogP contribution >= 0.6 is 11.6 Å². The Labute approximate surface area is 298 Å². The van der Waals surface area contributed by atoms with Crippen molar-refractivity contribution in [2.45, 2.75) is 58.9 Å². The molecule has 10 heteroatoms. The van der Waals surface area contributed by atoms with E-state index >= 15 is 0 Å². The molecule has 1 amide bonds. The van der Waals surface area contributed by atoms with Crippen molar-refractivity contribution >= 4 is 38.4 Å².